The summed E-state index contributed by atoms with van der Waals surface area (Å²) >= 11 is 5.79. The molecule has 0 unspecified atom stereocenters. The van der Waals surface area contributed by atoms with Crippen LogP contribution in [0.1, 0.15) is 5.56 Å². The van der Waals surface area contributed by atoms with Crippen molar-refractivity contribution in [1.82, 2.24) is 9.97 Å². The summed E-state index contributed by atoms with van der Waals surface area (Å²) in [5.41, 5.74) is -1.36. The number of para-hydroxylation sites is 1. The molecule has 0 aliphatic heterocycles. The topological polar surface area (TPSA) is 45.8 Å². The molecule has 1 N–H and O–H groups in total. The first-order valence-corrected chi connectivity index (χ1v) is 6.60. The Morgan fingerprint density at radius 3 is 2.55 bits per heavy atom. The first-order chi connectivity index (χ1) is 10.4. The molecule has 22 heavy (non-hydrogen) atoms. The van der Waals surface area contributed by atoms with Gasteiger partial charge in [0.05, 0.1) is 16.5 Å². The fourth-order valence-electron chi connectivity index (χ4n) is 2.17. The Balaban J connectivity index is 2.32. The fourth-order valence-corrected chi connectivity index (χ4v) is 2.35. The Hall–Kier alpha value is -2.34. The van der Waals surface area contributed by atoms with Gasteiger partial charge in [0.15, 0.2) is 0 Å². The van der Waals surface area contributed by atoms with E-state index < -0.39 is 17.3 Å². The number of aromatic nitrogens is 2. The van der Waals surface area contributed by atoms with Crippen LogP contribution in [0, 0.1) is 0 Å². The zero-order valence-electron chi connectivity index (χ0n) is 10.9. The van der Waals surface area contributed by atoms with Crippen molar-refractivity contribution in [3.8, 4) is 11.4 Å². The van der Waals surface area contributed by atoms with Crippen LogP contribution >= 0.6 is 11.6 Å². The molecule has 0 atom stereocenters. The number of rotatable bonds is 1. The number of halogens is 4. The highest BCUT2D eigenvalue weighted by atomic mass is 35.5. The minimum atomic E-state index is -4.58. The van der Waals surface area contributed by atoms with Gasteiger partial charge in [-0.05, 0) is 30.3 Å². The van der Waals surface area contributed by atoms with Gasteiger partial charge >= 0.3 is 6.18 Å². The third-order valence-corrected chi connectivity index (χ3v) is 3.39. The van der Waals surface area contributed by atoms with E-state index in [0.717, 1.165) is 18.2 Å². The number of nitrogens with one attached hydrogen (secondary N) is 1. The van der Waals surface area contributed by atoms with Crippen molar-refractivity contribution in [3.05, 3.63) is 63.4 Å². The van der Waals surface area contributed by atoms with Gasteiger partial charge in [-0.2, -0.15) is 13.2 Å². The van der Waals surface area contributed by atoms with Gasteiger partial charge in [0.25, 0.3) is 5.56 Å². The first-order valence-electron chi connectivity index (χ1n) is 6.22. The number of aromatic amines is 1. The highest BCUT2D eigenvalue weighted by Crippen LogP contribution is 2.37. The van der Waals surface area contributed by atoms with E-state index in [9.17, 15) is 18.0 Å². The molecular weight excluding hydrogens is 317 g/mol. The molecule has 1 aromatic heterocycles. The predicted molar refractivity (Wildman–Crippen MR) is 77.8 cm³/mol. The smallest absolute Gasteiger partial charge is 0.306 e. The van der Waals surface area contributed by atoms with E-state index in [-0.39, 0.29) is 16.4 Å². The van der Waals surface area contributed by atoms with E-state index >= 15 is 0 Å². The molecule has 112 valence electrons. The van der Waals surface area contributed by atoms with Crippen LogP contribution < -0.4 is 5.56 Å². The standard InChI is InChI=1S/C15H8ClF3N2O/c16-8-5-6-11(15(17,18)19)10(7-8)13-20-12-4-2-1-3-9(12)14(22)21-13/h1-7H,(H,20,21,22). The Kier molecular flexibility index (Phi) is 3.41. The van der Waals surface area contributed by atoms with Crippen molar-refractivity contribution in [3.63, 3.8) is 0 Å². The molecule has 0 aliphatic rings. The average molecular weight is 325 g/mol. The Bertz CT molecular complexity index is 919. The second kappa shape index (κ2) is 5.14. The minimum absolute atomic E-state index is 0.124. The largest absolute Gasteiger partial charge is 0.417 e. The number of benzene rings is 2. The number of alkyl halides is 3. The summed E-state index contributed by atoms with van der Waals surface area (Å²) in [6, 6.07) is 9.57. The fraction of sp³-hybridized carbons (Fsp3) is 0.0667. The van der Waals surface area contributed by atoms with Crippen molar-refractivity contribution in [2.45, 2.75) is 6.18 Å². The molecule has 7 heteroatoms. The molecular formula is C15H8ClF3N2O. The van der Waals surface area contributed by atoms with Crippen LogP contribution in [0.2, 0.25) is 5.02 Å². The summed E-state index contributed by atoms with van der Waals surface area (Å²) in [5.74, 6) is -0.168. The highest BCUT2D eigenvalue weighted by molar-refractivity contribution is 6.30. The minimum Gasteiger partial charge on any atom is -0.306 e. The van der Waals surface area contributed by atoms with Crippen LogP contribution in [-0.4, -0.2) is 9.97 Å². The van der Waals surface area contributed by atoms with Gasteiger partial charge in [0.2, 0.25) is 0 Å². The highest BCUT2D eigenvalue weighted by Gasteiger charge is 2.34. The van der Waals surface area contributed by atoms with Gasteiger partial charge in [-0.25, -0.2) is 4.98 Å². The molecule has 0 saturated carbocycles. The van der Waals surface area contributed by atoms with E-state index in [2.05, 4.69) is 9.97 Å². The number of fused-ring (bicyclic) bond motifs is 1. The Morgan fingerprint density at radius 2 is 1.82 bits per heavy atom. The van der Waals surface area contributed by atoms with Crippen LogP contribution in [0.15, 0.2) is 47.3 Å². The van der Waals surface area contributed by atoms with Gasteiger partial charge in [-0.3, -0.25) is 4.79 Å². The summed E-state index contributed by atoms with van der Waals surface area (Å²) in [4.78, 5) is 18.5. The maximum absolute atomic E-state index is 13.1. The summed E-state index contributed by atoms with van der Waals surface area (Å²) in [7, 11) is 0. The molecule has 3 aromatic rings. The second-order valence-electron chi connectivity index (χ2n) is 4.62. The van der Waals surface area contributed by atoms with Gasteiger partial charge < -0.3 is 4.98 Å². The third kappa shape index (κ3) is 2.57. The van der Waals surface area contributed by atoms with Gasteiger partial charge in [-0.15, -0.1) is 0 Å². The SMILES string of the molecule is O=c1[nH]c(-c2cc(Cl)ccc2C(F)(F)F)nc2ccccc12. The summed E-state index contributed by atoms with van der Waals surface area (Å²) in [5, 5.41) is 0.431. The van der Waals surface area contributed by atoms with Crippen LogP contribution in [0.25, 0.3) is 22.3 Å². The van der Waals surface area contributed by atoms with Gasteiger partial charge in [0.1, 0.15) is 5.82 Å². The maximum Gasteiger partial charge on any atom is 0.417 e. The normalized spacial score (nSPS) is 11.8. The molecule has 3 nitrogen and oxygen atoms in total. The molecule has 0 bridgehead atoms. The second-order valence-corrected chi connectivity index (χ2v) is 5.06. The van der Waals surface area contributed by atoms with E-state index in [4.69, 9.17) is 11.6 Å². The van der Waals surface area contributed by atoms with Crippen molar-refractivity contribution in [1.29, 1.82) is 0 Å². The lowest BCUT2D eigenvalue weighted by Crippen LogP contribution is -2.13. The zero-order chi connectivity index (χ0) is 15.9. The monoisotopic (exact) mass is 324 g/mol. The van der Waals surface area contributed by atoms with Gasteiger partial charge in [0, 0.05) is 10.6 Å². The van der Waals surface area contributed by atoms with E-state index in [0.29, 0.717) is 10.9 Å². The molecule has 0 amide bonds. The lowest BCUT2D eigenvalue weighted by Gasteiger charge is -2.13. The van der Waals surface area contributed by atoms with Crippen molar-refractivity contribution >= 4 is 22.5 Å². The van der Waals surface area contributed by atoms with Crippen LogP contribution in [0.5, 0.6) is 0 Å². The molecule has 0 saturated heterocycles. The van der Waals surface area contributed by atoms with Gasteiger partial charge in [-0.1, -0.05) is 23.7 Å². The number of nitrogens with zero attached hydrogens (tertiary/aromatic N) is 1. The quantitative estimate of drug-likeness (QED) is 0.727. The molecule has 0 aliphatic carbocycles. The summed E-state index contributed by atoms with van der Waals surface area (Å²) < 4.78 is 39.4. The molecule has 0 fully saturated rings. The molecule has 2 aromatic carbocycles. The Labute approximate surface area is 127 Å². The van der Waals surface area contributed by atoms with E-state index in [1.54, 1.807) is 24.3 Å². The van der Waals surface area contributed by atoms with E-state index in [1.807, 2.05) is 0 Å². The van der Waals surface area contributed by atoms with Crippen molar-refractivity contribution in [2.24, 2.45) is 0 Å². The average Bonchev–Trinajstić information content (AvgIpc) is 2.46. The lowest BCUT2D eigenvalue weighted by atomic mass is 10.1. The zero-order valence-corrected chi connectivity index (χ0v) is 11.7. The van der Waals surface area contributed by atoms with Crippen LogP contribution in [-0.2, 0) is 6.18 Å². The number of hydrogen-bond donors (Lipinski definition) is 1. The van der Waals surface area contributed by atoms with Crippen molar-refractivity contribution in [2.75, 3.05) is 0 Å². The molecule has 3 rings (SSSR count). The third-order valence-electron chi connectivity index (χ3n) is 3.15. The summed E-state index contributed by atoms with van der Waals surface area (Å²) in [6.07, 6.45) is -4.58. The first kappa shape index (κ1) is 14.6. The summed E-state index contributed by atoms with van der Waals surface area (Å²) in [6.45, 7) is 0. The molecule has 0 radical (unpaired) electrons. The Morgan fingerprint density at radius 1 is 1.09 bits per heavy atom. The number of H-pyrrole nitrogens is 1. The lowest BCUT2D eigenvalue weighted by molar-refractivity contribution is -0.137. The van der Waals surface area contributed by atoms with Crippen LogP contribution in [0.4, 0.5) is 13.2 Å². The predicted octanol–water partition coefficient (Wildman–Crippen LogP) is 4.26. The molecule has 0 spiro atoms. The van der Waals surface area contributed by atoms with E-state index in [1.165, 1.54) is 0 Å². The van der Waals surface area contributed by atoms with Crippen molar-refractivity contribution < 1.29 is 13.2 Å². The number of hydrogen-bond acceptors (Lipinski definition) is 2. The van der Waals surface area contributed by atoms with Crippen LogP contribution in [0.3, 0.4) is 0 Å². The maximum atomic E-state index is 13.1. The molecule has 1 heterocycles.